The smallest absolute Gasteiger partial charge is 0.342 e. The number of benzene rings is 1. The van der Waals surface area contributed by atoms with E-state index in [0.717, 1.165) is 43.4 Å². The van der Waals surface area contributed by atoms with Gasteiger partial charge in [-0.05, 0) is 32.3 Å². The molecule has 1 N–H and O–H groups in total. The van der Waals surface area contributed by atoms with Gasteiger partial charge >= 0.3 is 6.03 Å². The maximum absolute atomic E-state index is 12.7. The van der Waals surface area contributed by atoms with Crippen molar-refractivity contribution in [2.45, 2.75) is 57.3 Å². The molecule has 1 amide bonds. The van der Waals surface area contributed by atoms with Crippen molar-refractivity contribution in [3.8, 4) is 0 Å². The summed E-state index contributed by atoms with van der Waals surface area (Å²) in [5, 5.41) is 8.44. The number of ether oxygens (including phenoxy) is 1. The van der Waals surface area contributed by atoms with E-state index in [2.05, 4.69) is 29.2 Å². The average molecular weight is 342 g/mol. The fraction of sp³-hybridized carbons (Fsp3) is 0.579. The lowest BCUT2D eigenvalue weighted by Crippen LogP contribution is -2.63. The molecular formula is C19H26N4O2. The van der Waals surface area contributed by atoms with Crippen LogP contribution in [0, 0.1) is 0 Å². The normalized spacial score (nSPS) is 28.0. The van der Waals surface area contributed by atoms with Crippen LogP contribution in [0.5, 0.6) is 0 Å². The maximum atomic E-state index is 12.7. The van der Waals surface area contributed by atoms with Crippen molar-refractivity contribution >= 4 is 16.9 Å². The molecule has 1 aromatic heterocycles. The molecule has 2 saturated heterocycles. The van der Waals surface area contributed by atoms with Crippen molar-refractivity contribution in [3.63, 3.8) is 0 Å². The molecule has 2 bridgehead atoms. The second-order valence-corrected chi connectivity index (χ2v) is 7.28. The van der Waals surface area contributed by atoms with Crippen LogP contribution in [-0.4, -0.2) is 58.1 Å². The van der Waals surface area contributed by atoms with E-state index in [1.54, 1.807) is 6.20 Å². The van der Waals surface area contributed by atoms with Gasteiger partial charge < -0.3 is 10.1 Å². The molecule has 1 aromatic carbocycles. The zero-order chi connectivity index (χ0) is 17.4. The summed E-state index contributed by atoms with van der Waals surface area (Å²) in [7, 11) is 0. The molecule has 4 rings (SSSR count). The first kappa shape index (κ1) is 16.5. The lowest BCUT2D eigenvalue weighted by atomic mass is 9.88. The molecule has 6 nitrogen and oxygen atoms in total. The Bertz CT molecular complexity index is 745. The van der Waals surface area contributed by atoms with E-state index in [-0.39, 0.29) is 12.1 Å². The number of hydrogen-bond acceptors (Lipinski definition) is 4. The van der Waals surface area contributed by atoms with E-state index in [4.69, 9.17) is 4.74 Å². The predicted octanol–water partition coefficient (Wildman–Crippen LogP) is 2.62. The number of piperidine rings is 1. The molecule has 2 aliphatic rings. The van der Waals surface area contributed by atoms with E-state index < -0.39 is 0 Å². The molecule has 25 heavy (non-hydrogen) atoms. The minimum Gasteiger partial charge on any atom is -0.378 e. The first-order valence-electron chi connectivity index (χ1n) is 9.26. The number of rotatable bonds is 3. The van der Waals surface area contributed by atoms with Gasteiger partial charge in [-0.15, -0.1) is 0 Å². The van der Waals surface area contributed by atoms with Crippen LogP contribution in [-0.2, 0) is 4.74 Å². The number of nitrogens with zero attached hydrogens (tertiary/aromatic N) is 3. The maximum Gasteiger partial charge on any atom is 0.342 e. The molecule has 6 heteroatoms. The van der Waals surface area contributed by atoms with Crippen LogP contribution >= 0.6 is 0 Å². The monoisotopic (exact) mass is 342 g/mol. The summed E-state index contributed by atoms with van der Waals surface area (Å²) in [5.74, 6) is 0. The molecule has 0 aliphatic carbocycles. The Hall–Kier alpha value is -1.92. The topological polar surface area (TPSA) is 59.4 Å². The Balaban J connectivity index is 1.48. The van der Waals surface area contributed by atoms with Crippen LogP contribution in [0.2, 0.25) is 0 Å². The van der Waals surface area contributed by atoms with Crippen LogP contribution in [0.3, 0.4) is 0 Å². The SMILES string of the molecule is CCC(C)N1C2COCC1CC(NC(=O)n1ncc3ccccc31)C2. The van der Waals surface area contributed by atoms with Crippen molar-refractivity contribution in [1.82, 2.24) is 20.0 Å². The summed E-state index contributed by atoms with van der Waals surface area (Å²) in [6.45, 7) is 6.05. The molecule has 3 atom stereocenters. The van der Waals surface area contributed by atoms with Gasteiger partial charge in [-0.3, -0.25) is 4.90 Å². The van der Waals surface area contributed by atoms with Gasteiger partial charge in [0.2, 0.25) is 0 Å². The van der Waals surface area contributed by atoms with Crippen molar-refractivity contribution in [1.29, 1.82) is 0 Å². The number of nitrogens with one attached hydrogen (secondary N) is 1. The first-order chi connectivity index (χ1) is 12.2. The zero-order valence-corrected chi connectivity index (χ0v) is 14.9. The van der Waals surface area contributed by atoms with Gasteiger partial charge in [-0.25, -0.2) is 4.79 Å². The minimum atomic E-state index is -0.137. The summed E-state index contributed by atoms with van der Waals surface area (Å²) >= 11 is 0. The Labute approximate surface area is 148 Å². The quantitative estimate of drug-likeness (QED) is 0.931. The van der Waals surface area contributed by atoms with Gasteiger partial charge in [-0.1, -0.05) is 25.1 Å². The number of para-hydroxylation sites is 1. The van der Waals surface area contributed by atoms with Crippen LogP contribution < -0.4 is 5.32 Å². The van der Waals surface area contributed by atoms with Gasteiger partial charge in [0.05, 0.1) is 24.9 Å². The molecule has 3 heterocycles. The summed E-state index contributed by atoms with van der Waals surface area (Å²) in [6, 6.07) is 9.17. The average Bonchev–Trinajstić information content (AvgIpc) is 3.04. The largest absolute Gasteiger partial charge is 0.378 e. The van der Waals surface area contributed by atoms with Gasteiger partial charge in [0.25, 0.3) is 0 Å². The predicted molar refractivity (Wildman–Crippen MR) is 96.7 cm³/mol. The molecule has 2 fully saturated rings. The third-order valence-electron chi connectivity index (χ3n) is 5.67. The fourth-order valence-corrected chi connectivity index (χ4v) is 4.36. The fourth-order valence-electron chi connectivity index (χ4n) is 4.36. The van der Waals surface area contributed by atoms with Crippen molar-refractivity contribution in [2.24, 2.45) is 0 Å². The zero-order valence-electron chi connectivity index (χ0n) is 14.9. The highest BCUT2D eigenvalue weighted by Crippen LogP contribution is 2.30. The highest BCUT2D eigenvalue weighted by molar-refractivity contribution is 5.89. The molecular weight excluding hydrogens is 316 g/mol. The van der Waals surface area contributed by atoms with E-state index in [1.165, 1.54) is 4.68 Å². The Morgan fingerprint density at radius 1 is 1.32 bits per heavy atom. The van der Waals surface area contributed by atoms with Gasteiger partial charge in [0.1, 0.15) is 0 Å². The number of aromatic nitrogens is 2. The number of amides is 1. The molecule has 0 radical (unpaired) electrons. The molecule has 134 valence electrons. The van der Waals surface area contributed by atoms with Gasteiger partial charge in [0, 0.05) is 29.6 Å². The van der Waals surface area contributed by atoms with Crippen LogP contribution in [0.25, 0.3) is 10.9 Å². The lowest BCUT2D eigenvalue weighted by Gasteiger charge is -2.51. The third kappa shape index (κ3) is 3.04. The minimum absolute atomic E-state index is 0.137. The molecule has 0 spiro atoms. The van der Waals surface area contributed by atoms with E-state index >= 15 is 0 Å². The summed E-state index contributed by atoms with van der Waals surface area (Å²) in [4.78, 5) is 15.3. The summed E-state index contributed by atoms with van der Waals surface area (Å²) in [6.07, 6.45) is 4.75. The van der Waals surface area contributed by atoms with Crippen LogP contribution in [0.1, 0.15) is 33.1 Å². The standard InChI is InChI=1S/C19H26N4O2/c1-3-13(2)22-16-8-15(9-17(22)12-25-11-16)21-19(24)23-18-7-5-4-6-14(18)10-20-23/h4-7,10,13,15-17H,3,8-9,11-12H2,1-2H3,(H,21,24). The number of morpholine rings is 1. The highest BCUT2D eigenvalue weighted by atomic mass is 16.5. The Kier molecular flexibility index (Phi) is 4.48. The van der Waals surface area contributed by atoms with Gasteiger partial charge in [-0.2, -0.15) is 9.78 Å². The summed E-state index contributed by atoms with van der Waals surface area (Å²) in [5.41, 5.74) is 0.848. The number of hydrogen-bond donors (Lipinski definition) is 1. The van der Waals surface area contributed by atoms with E-state index in [0.29, 0.717) is 18.1 Å². The summed E-state index contributed by atoms with van der Waals surface area (Å²) < 4.78 is 7.25. The first-order valence-corrected chi connectivity index (χ1v) is 9.26. The second-order valence-electron chi connectivity index (χ2n) is 7.28. The lowest BCUT2D eigenvalue weighted by molar-refractivity contribution is -0.0969. The highest BCUT2D eigenvalue weighted by Gasteiger charge is 2.41. The number of carbonyl (C=O) groups excluding carboxylic acids is 1. The Morgan fingerprint density at radius 2 is 2.04 bits per heavy atom. The van der Waals surface area contributed by atoms with E-state index in [1.807, 2.05) is 24.3 Å². The van der Waals surface area contributed by atoms with Crippen LogP contribution in [0.4, 0.5) is 4.79 Å². The van der Waals surface area contributed by atoms with Crippen LogP contribution in [0.15, 0.2) is 30.5 Å². The Morgan fingerprint density at radius 3 is 2.76 bits per heavy atom. The number of fused-ring (bicyclic) bond motifs is 3. The second kappa shape index (κ2) is 6.77. The van der Waals surface area contributed by atoms with Gasteiger partial charge in [0.15, 0.2) is 0 Å². The molecule has 2 aromatic rings. The van der Waals surface area contributed by atoms with Crippen molar-refractivity contribution in [3.05, 3.63) is 30.5 Å². The third-order valence-corrected chi connectivity index (χ3v) is 5.67. The number of carbonyl (C=O) groups is 1. The van der Waals surface area contributed by atoms with Crippen molar-refractivity contribution < 1.29 is 9.53 Å². The van der Waals surface area contributed by atoms with E-state index in [9.17, 15) is 4.79 Å². The molecule has 2 aliphatic heterocycles. The molecule has 3 unspecified atom stereocenters. The van der Waals surface area contributed by atoms with Crippen molar-refractivity contribution in [2.75, 3.05) is 13.2 Å². The molecule has 0 saturated carbocycles.